The van der Waals surface area contributed by atoms with E-state index >= 15 is 0 Å². The van der Waals surface area contributed by atoms with Crippen LogP contribution in [-0.2, 0) is 11.3 Å². The van der Waals surface area contributed by atoms with Crippen LogP contribution in [0.5, 0.6) is 0 Å². The zero-order valence-corrected chi connectivity index (χ0v) is 14.4. The van der Waals surface area contributed by atoms with Gasteiger partial charge >= 0.3 is 5.97 Å². The van der Waals surface area contributed by atoms with E-state index in [0.29, 0.717) is 17.1 Å². The van der Waals surface area contributed by atoms with Gasteiger partial charge in [0.1, 0.15) is 10.4 Å². The summed E-state index contributed by atoms with van der Waals surface area (Å²) in [5.74, 6) is 0.529. The smallest absolute Gasteiger partial charge is 0.338 e. The summed E-state index contributed by atoms with van der Waals surface area (Å²) in [4.78, 5) is 16.1. The van der Waals surface area contributed by atoms with Gasteiger partial charge in [-0.15, -0.1) is 0 Å². The molecule has 2 aromatic rings. The number of halogens is 2. The lowest BCUT2D eigenvalue weighted by atomic mass is 10.1. The van der Waals surface area contributed by atoms with Gasteiger partial charge in [-0.3, -0.25) is 0 Å². The zero-order valence-electron chi connectivity index (χ0n) is 12.1. The Morgan fingerprint density at radius 3 is 2.71 bits per heavy atom. The number of hydrogen-bond acceptors (Lipinski definition) is 3. The Morgan fingerprint density at radius 2 is 2.19 bits per heavy atom. The number of carbonyl (C=O) groups is 1. The van der Waals surface area contributed by atoms with E-state index in [1.54, 1.807) is 12.1 Å². The Hall–Kier alpha value is -1.33. The van der Waals surface area contributed by atoms with Crippen LogP contribution in [0.25, 0.3) is 0 Å². The van der Waals surface area contributed by atoms with Crippen molar-refractivity contribution in [2.45, 2.75) is 33.4 Å². The van der Waals surface area contributed by atoms with Gasteiger partial charge in [0.2, 0.25) is 0 Å². The lowest BCUT2D eigenvalue weighted by Gasteiger charge is -2.11. The first-order valence-corrected chi connectivity index (χ1v) is 7.72. The predicted octanol–water partition coefficient (Wildman–Crippen LogP) is 4.22. The van der Waals surface area contributed by atoms with E-state index in [4.69, 9.17) is 16.3 Å². The van der Waals surface area contributed by atoms with Crippen LogP contribution in [0.15, 0.2) is 29.0 Å². The molecule has 0 aliphatic heterocycles. The molecule has 0 amide bonds. The number of hydrogen-bond donors (Lipinski definition) is 0. The lowest BCUT2D eigenvalue weighted by molar-refractivity contribution is 0.0378. The highest BCUT2D eigenvalue weighted by molar-refractivity contribution is 9.10. The summed E-state index contributed by atoms with van der Waals surface area (Å²) in [5, 5.41) is 0.539. The maximum Gasteiger partial charge on any atom is 0.338 e. The van der Waals surface area contributed by atoms with Gasteiger partial charge in [0.15, 0.2) is 0 Å². The van der Waals surface area contributed by atoms with Crippen molar-refractivity contribution in [3.8, 4) is 0 Å². The molecule has 0 unspecified atom stereocenters. The molecule has 0 aliphatic carbocycles. The molecule has 0 atom stereocenters. The Balaban J connectivity index is 2.20. The van der Waals surface area contributed by atoms with Crippen molar-refractivity contribution < 1.29 is 9.53 Å². The maximum absolute atomic E-state index is 11.8. The molecule has 112 valence electrons. The SMILES string of the molecule is Cc1nc(Br)cn1Cc1ccc(C(=O)OC(C)C)cc1Cl. The summed E-state index contributed by atoms with van der Waals surface area (Å²) in [7, 11) is 0. The van der Waals surface area contributed by atoms with Crippen LogP contribution in [0, 0.1) is 6.92 Å². The zero-order chi connectivity index (χ0) is 15.6. The molecule has 0 saturated heterocycles. The van der Waals surface area contributed by atoms with Crippen LogP contribution in [0.1, 0.15) is 35.6 Å². The molecule has 4 nitrogen and oxygen atoms in total. The summed E-state index contributed by atoms with van der Waals surface area (Å²) in [6.45, 7) is 6.15. The minimum Gasteiger partial charge on any atom is -0.459 e. The number of benzene rings is 1. The second kappa shape index (κ2) is 6.62. The van der Waals surface area contributed by atoms with E-state index in [1.165, 1.54) is 0 Å². The minimum atomic E-state index is -0.361. The highest BCUT2D eigenvalue weighted by Gasteiger charge is 2.12. The third kappa shape index (κ3) is 4.08. The Labute approximate surface area is 137 Å². The number of aryl methyl sites for hydroxylation is 1. The minimum absolute atomic E-state index is 0.151. The number of nitrogens with zero attached hydrogens (tertiary/aromatic N) is 2. The van der Waals surface area contributed by atoms with E-state index in [0.717, 1.165) is 16.0 Å². The number of ether oxygens (including phenoxy) is 1. The fourth-order valence-electron chi connectivity index (χ4n) is 1.90. The lowest BCUT2D eigenvalue weighted by Crippen LogP contribution is -2.12. The third-order valence-electron chi connectivity index (χ3n) is 2.92. The largest absolute Gasteiger partial charge is 0.459 e. The number of carbonyl (C=O) groups excluding carboxylic acids is 1. The topological polar surface area (TPSA) is 44.1 Å². The molecule has 2 rings (SSSR count). The van der Waals surface area contributed by atoms with Crippen molar-refractivity contribution in [3.63, 3.8) is 0 Å². The molecule has 6 heteroatoms. The molecule has 0 spiro atoms. The summed E-state index contributed by atoms with van der Waals surface area (Å²) in [6, 6.07) is 5.21. The number of imidazole rings is 1. The van der Waals surface area contributed by atoms with Crippen LogP contribution < -0.4 is 0 Å². The molecule has 21 heavy (non-hydrogen) atoms. The first kappa shape index (κ1) is 16.0. The van der Waals surface area contributed by atoms with E-state index in [9.17, 15) is 4.79 Å². The van der Waals surface area contributed by atoms with Crippen LogP contribution in [-0.4, -0.2) is 21.6 Å². The summed E-state index contributed by atoms with van der Waals surface area (Å²) in [6.07, 6.45) is 1.74. The fraction of sp³-hybridized carbons (Fsp3) is 0.333. The van der Waals surface area contributed by atoms with Crippen molar-refractivity contribution in [3.05, 3.63) is 51.0 Å². The van der Waals surface area contributed by atoms with Crippen LogP contribution in [0.2, 0.25) is 5.02 Å². The Morgan fingerprint density at radius 1 is 1.48 bits per heavy atom. The van der Waals surface area contributed by atoms with Crippen LogP contribution >= 0.6 is 27.5 Å². The van der Waals surface area contributed by atoms with Crippen molar-refractivity contribution >= 4 is 33.5 Å². The van der Waals surface area contributed by atoms with E-state index in [1.807, 2.05) is 37.6 Å². The molecule has 0 fully saturated rings. The molecule has 1 heterocycles. The van der Waals surface area contributed by atoms with Crippen molar-refractivity contribution in [1.29, 1.82) is 0 Å². The molecule has 1 aromatic heterocycles. The van der Waals surface area contributed by atoms with E-state index < -0.39 is 0 Å². The molecular formula is C15H16BrClN2O2. The Kier molecular flexibility index (Phi) is 5.06. The fourth-order valence-corrected chi connectivity index (χ4v) is 2.64. The third-order valence-corrected chi connectivity index (χ3v) is 3.65. The van der Waals surface area contributed by atoms with Gasteiger partial charge in [0.25, 0.3) is 0 Å². The van der Waals surface area contributed by atoms with Gasteiger partial charge in [0.05, 0.1) is 18.2 Å². The summed E-state index contributed by atoms with van der Waals surface area (Å²) in [5.41, 5.74) is 1.38. The van der Waals surface area contributed by atoms with Gasteiger partial charge in [-0.2, -0.15) is 0 Å². The number of aromatic nitrogens is 2. The summed E-state index contributed by atoms with van der Waals surface area (Å²) < 4.78 is 7.92. The highest BCUT2D eigenvalue weighted by atomic mass is 79.9. The standard InChI is InChI=1S/C15H16BrClN2O2/c1-9(2)21-15(20)11-4-5-12(13(17)6-11)7-19-8-14(16)18-10(19)3/h4-6,8-9H,7H2,1-3H3. The van der Waals surface area contributed by atoms with Crippen LogP contribution in [0.4, 0.5) is 0 Å². The van der Waals surface area contributed by atoms with E-state index in [2.05, 4.69) is 20.9 Å². The first-order chi connectivity index (χ1) is 9.86. The second-order valence-corrected chi connectivity index (χ2v) is 6.22. The molecule has 0 radical (unpaired) electrons. The van der Waals surface area contributed by atoms with Crippen molar-refractivity contribution in [2.75, 3.05) is 0 Å². The van der Waals surface area contributed by atoms with Crippen molar-refractivity contribution in [1.82, 2.24) is 9.55 Å². The van der Waals surface area contributed by atoms with Gasteiger partial charge in [-0.05, 0) is 54.4 Å². The molecular weight excluding hydrogens is 356 g/mol. The highest BCUT2D eigenvalue weighted by Crippen LogP contribution is 2.21. The normalized spacial score (nSPS) is 11.0. The molecule has 0 bridgehead atoms. The molecule has 0 saturated carbocycles. The summed E-state index contributed by atoms with van der Waals surface area (Å²) >= 11 is 9.61. The van der Waals surface area contributed by atoms with Crippen molar-refractivity contribution in [2.24, 2.45) is 0 Å². The quantitative estimate of drug-likeness (QED) is 0.756. The van der Waals surface area contributed by atoms with E-state index in [-0.39, 0.29) is 12.1 Å². The second-order valence-electron chi connectivity index (χ2n) is 5.00. The average Bonchev–Trinajstić information content (AvgIpc) is 2.69. The number of esters is 1. The van der Waals surface area contributed by atoms with Crippen LogP contribution in [0.3, 0.4) is 0 Å². The molecule has 0 N–H and O–H groups in total. The Bertz CT molecular complexity index is 668. The molecule has 1 aromatic carbocycles. The van der Waals surface area contributed by atoms with Gasteiger partial charge in [0, 0.05) is 11.2 Å². The maximum atomic E-state index is 11.8. The average molecular weight is 372 g/mol. The number of rotatable bonds is 4. The molecule has 0 aliphatic rings. The predicted molar refractivity (Wildman–Crippen MR) is 85.8 cm³/mol. The van der Waals surface area contributed by atoms with Gasteiger partial charge in [-0.1, -0.05) is 17.7 Å². The van der Waals surface area contributed by atoms with Gasteiger partial charge < -0.3 is 9.30 Å². The monoisotopic (exact) mass is 370 g/mol. The van der Waals surface area contributed by atoms with Gasteiger partial charge in [-0.25, -0.2) is 9.78 Å². The first-order valence-electron chi connectivity index (χ1n) is 6.55.